The molecule has 0 bridgehead atoms. The zero-order valence-corrected chi connectivity index (χ0v) is 10.5. The smallest absolute Gasteiger partial charge is 0.172 e. The second kappa shape index (κ2) is 7.55. The second-order valence-corrected chi connectivity index (χ2v) is 1.92. The predicted molar refractivity (Wildman–Crippen MR) is 46.9 cm³/mol. The van der Waals surface area contributed by atoms with Crippen molar-refractivity contribution in [2.24, 2.45) is 0 Å². The van der Waals surface area contributed by atoms with Gasteiger partial charge in [-0.25, -0.2) is 12.1 Å². The Kier molecular flexibility index (Phi) is 7.16. The van der Waals surface area contributed by atoms with E-state index in [4.69, 9.17) is 0 Å². The predicted octanol–water partition coefficient (Wildman–Crippen LogP) is 2.27. The summed E-state index contributed by atoms with van der Waals surface area (Å²) in [7, 11) is 0. The molecule has 0 amide bonds. The Morgan fingerprint density at radius 2 is 1.00 bits per heavy atom. The van der Waals surface area contributed by atoms with Gasteiger partial charge in [-0.2, -0.15) is 18.2 Å². The third-order valence-electron chi connectivity index (χ3n) is 1.11. The molecular formula is C10H12Ta-6. The Bertz CT molecular complexity index is 144. The Morgan fingerprint density at radius 3 is 1.18 bits per heavy atom. The molecule has 0 saturated carbocycles. The van der Waals surface area contributed by atoms with E-state index in [-0.39, 0.29) is 22.4 Å². The molecule has 11 heavy (non-hydrogen) atoms. The summed E-state index contributed by atoms with van der Waals surface area (Å²) >= 11 is 0. The minimum absolute atomic E-state index is 0. The van der Waals surface area contributed by atoms with Gasteiger partial charge in [-0.05, 0) is 0 Å². The first-order valence-electron chi connectivity index (χ1n) is 3.33. The van der Waals surface area contributed by atoms with Gasteiger partial charge >= 0.3 is 22.4 Å². The van der Waals surface area contributed by atoms with E-state index in [1.807, 2.05) is 60.7 Å². The minimum atomic E-state index is 0. The van der Waals surface area contributed by atoms with E-state index < -0.39 is 0 Å². The Labute approximate surface area is 83.1 Å². The van der Waals surface area contributed by atoms with Gasteiger partial charge in [0, 0.05) is 0 Å². The van der Waals surface area contributed by atoms with Crippen molar-refractivity contribution in [2.45, 2.75) is 0 Å². The van der Waals surface area contributed by atoms with E-state index in [1.54, 1.807) is 0 Å². The van der Waals surface area contributed by atoms with Gasteiger partial charge in [0.2, 0.25) is 0 Å². The largest absolute Gasteiger partial charge is 0.748 e. The summed E-state index contributed by atoms with van der Waals surface area (Å²) in [5.41, 5.74) is 0. The van der Waals surface area contributed by atoms with Crippen LogP contribution in [0.3, 0.4) is 0 Å². The van der Waals surface area contributed by atoms with Crippen molar-refractivity contribution in [2.75, 3.05) is 0 Å². The van der Waals surface area contributed by atoms with E-state index in [9.17, 15) is 0 Å². The van der Waals surface area contributed by atoms with E-state index in [0.717, 1.165) is 0 Å². The number of hydrogen-bond donors (Lipinski definition) is 0. The summed E-state index contributed by atoms with van der Waals surface area (Å²) in [4.78, 5) is 0. The molecule has 63 valence electrons. The van der Waals surface area contributed by atoms with E-state index in [0.29, 0.717) is 0 Å². The summed E-state index contributed by atoms with van der Waals surface area (Å²) in [6.07, 6.45) is 0. The van der Waals surface area contributed by atoms with Gasteiger partial charge in [0.25, 0.3) is 0 Å². The maximum Gasteiger partial charge on any atom is -0.172 e. The SMILES string of the molecule is [TaH2].[cH-]1[cH-][cH-][cH-][cH-]1.c1cc[cH-]c1. The molecule has 0 heterocycles. The molecule has 1 heteroatoms. The average molecular weight is 313 g/mol. The standard InChI is InChI=1S/2C5H5.Ta.2H/c2*1-2-4-5-3-1;;;/h2*1-5H;;;/q-5;-1;;;. The van der Waals surface area contributed by atoms with Gasteiger partial charge < -0.3 is 30.3 Å². The van der Waals surface area contributed by atoms with Crippen LogP contribution in [0.4, 0.5) is 0 Å². The Morgan fingerprint density at radius 1 is 0.636 bits per heavy atom. The molecule has 1 radical (unpaired) electrons. The van der Waals surface area contributed by atoms with Crippen molar-refractivity contribution in [3.63, 3.8) is 0 Å². The first-order valence-corrected chi connectivity index (χ1v) is 3.33. The van der Waals surface area contributed by atoms with Crippen molar-refractivity contribution in [3.8, 4) is 0 Å². The van der Waals surface area contributed by atoms with Gasteiger partial charge in [0.15, 0.2) is 0 Å². The maximum atomic E-state index is 2.00. The topological polar surface area (TPSA) is 0 Å². The molecule has 0 saturated heterocycles. The van der Waals surface area contributed by atoms with Crippen molar-refractivity contribution in [1.29, 1.82) is 0 Å². The molecule has 2 aromatic carbocycles. The van der Waals surface area contributed by atoms with Crippen LogP contribution in [0.2, 0.25) is 0 Å². The van der Waals surface area contributed by atoms with E-state index >= 15 is 0 Å². The molecule has 0 fully saturated rings. The zero-order valence-electron chi connectivity index (χ0n) is 6.35. The van der Waals surface area contributed by atoms with Crippen LogP contribution in [0, 0.1) is 0 Å². The molecule has 0 aliphatic heterocycles. The molecule has 0 unspecified atom stereocenters. The molecule has 0 aromatic heterocycles. The van der Waals surface area contributed by atoms with Gasteiger partial charge in [0.1, 0.15) is 0 Å². The Hall–Kier alpha value is -0.560. The zero-order chi connectivity index (χ0) is 7.07. The van der Waals surface area contributed by atoms with Crippen molar-refractivity contribution in [1.82, 2.24) is 0 Å². The summed E-state index contributed by atoms with van der Waals surface area (Å²) < 4.78 is 0. The van der Waals surface area contributed by atoms with Gasteiger partial charge in [0.05, 0.1) is 0 Å². The van der Waals surface area contributed by atoms with Crippen molar-refractivity contribution >= 4 is 0 Å². The van der Waals surface area contributed by atoms with Crippen LogP contribution in [0.15, 0.2) is 60.7 Å². The van der Waals surface area contributed by atoms with Crippen LogP contribution < -0.4 is 0 Å². The third kappa shape index (κ3) is 5.86. The van der Waals surface area contributed by atoms with Crippen LogP contribution in [0.25, 0.3) is 0 Å². The molecule has 0 spiro atoms. The van der Waals surface area contributed by atoms with Crippen molar-refractivity contribution < 1.29 is 22.4 Å². The van der Waals surface area contributed by atoms with Crippen LogP contribution in [0.1, 0.15) is 0 Å². The normalized spacial score (nSPS) is 7.27. The molecule has 2 rings (SSSR count). The summed E-state index contributed by atoms with van der Waals surface area (Å²) in [6.45, 7) is 0. The monoisotopic (exact) mass is 313 g/mol. The van der Waals surface area contributed by atoms with E-state index in [1.165, 1.54) is 0 Å². The maximum absolute atomic E-state index is 2.00. The minimum Gasteiger partial charge on any atom is -0.748 e. The molecule has 2 aromatic rings. The fraction of sp³-hybridized carbons (Fsp3) is 0. The van der Waals surface area contributed by atoms with E-state index in [2.05, 4.69) is 0 Å². The number of hydrogen-bond acceptors (Lipinski definition) is 0. The molecule has 0 aliphatic carbocycles. The first kappa shape index (κ1) is 10.4. The van der Waals surface area contributed by atoms with Crippen LogP contribution >= 0.6 is 0 Å². The quantitative estimate of drug-likeness (QED) is 0.655. The molecule has 0 N–H and O–H groups in total. The Balaban J connectivity index is 0.000000167. The van der Waals surface area contributed by atoms with Crippen LogP contribution in [-0.4, -0.2) is 0 Å². The molecule has 0 nitrogen and oxygen atoms in total. The number of rotatable bonds is 0. The molecule has 0 atom stereocenters. The first-order chi connectivity index (χ1) is 5.00. The van der Waals surface area contributed by atoms with Gasteiger partial charge in [-0.3, -0.25) is 0 Å². The van der Waals surface area contributed by atoms with Crippen molar-refractivity contribution in [3.05, 3.63) is 60.7 Å². The fourth-order valence-corrected chi connectivity index (χ4v) is 0.642. The molecule has 0 aliphatic rings. The summed E-state index contributed by atoms with van der Waals surface area (Å²) in [5, 5.41) is 0. The summed E-state index contributed by atoms with van der Waals surface area (Å²) in [5.74, 6) is 0. The van der Waals surface area contributed by atoms with Crippen LogP contribution in [0.5, 0.6) is 0 Å². The second-order valence-electron chi connectivity index (χ2n) is 1.92. The molecular weight excluding hydrogens is 301 g/mol. The van der Waals surface area contributed by atoms with Gasteiger partial charge in [-0.15, -0.1) is 0 Å². The average Bonchev–Trinajstić information content (AvgIpc) is 2.67. The summed E-state index contributed by atoms with van der Waals surface area (Å²) in [6, 6.07) is 20.0. The third-order valence-corrected chi connectivity index (χ3v) is 1.11. The van der Waals surface area contributed by atoms with Gasteiger partial charge in [-0.1, -0.05) is 0 Å². The van der Waals surface area contributed by atoms with Crippen LogP contribution in [-0.2, 0) is 22.4 Å². The fourth-order valence-electron chi connectivity index (χ4n) is 0.642.